The second-order valence-electron chi connectivity index (χ2n) is 6.77. The normalized spacial score (nSPS) is 11.3. The molecule has 3 aromatic rings. The predicted octanol–water partition coefficient (Wildman–Crippen LogP) is 5.73. The van der Waals surface area contributed by atoms with Gasteiger partial charge in [-0.05, 0) is 64.8 Å². The Morgan fingerprint density at radius 1 is 1.15 bits per heavy atom. The number of amides is 1. The first-order valence-corrected chi connectivity index (χ1v) is 10.8. The number of halogens is 4. The number of para-hydroxylation sites is 1. The summed E-state index contributed by atoms with van der Waals surface area (Å²) < 4.78 is 49.7. The van der Waals surface area contributed by atoms with Crippen molar-refractivity contribution in [1.82, 2.24) is 4.98 Å². The van der Waals surface area contributed by atoms with Gasteiger partial charge < -0.3 is 14.8 Å². The van der Waals surface area contributed by atoms with Crippen LogP contribution >= 0.6 is 15.9 Å². The molecule has 0 saturated heterocycles. The van der Waals surface area contributed by atoms with E-state index >= 15 is 0 Å². The maximum absolute atomic E-state index is 12.6. The summed E-state index contributed by atoms with van der Waals surface area (Å²) in [5.41, 5.74) is 2.99. The molecule has 0 aliphatic carbocycles. The third kappa shape index (κ3) is 7.20. The number of ether oxygens (including phenoxy) is 2. The summed E-state index contributed by atoms with van der Waals surface area (Å²) >= 11 is 3.41. The first kappa shape index (κ1) is 25.0. The zero-order valence-corrected chi connectivity index (χ0v) is 19.5. The monoisotopic (exact) mass is 536 g/mol. The number of hydrogen-bond donors (Lipinski definition) is 2. The topological polar surface area (TPSA) is 84.8 Å². The van der Waals surface area contributed by atoms with E-state index < -0.39 is 11.7 Å². The smallest absolute Gasteiger partial charge is 0.417 e. The number of carbonyl (C=O) groups excluding carboxylic acids is 1. The average molecular weight is 537 g/mol. The molecular weight excluding hydrogens is 517 g/mol. The number of pyridine rings is 1. The van der Waals surface area contributed by atoms with Gasteiger partial charge in [-0.3, -0.25) is 10.2 Å². The third-order valence-corrected chi connectivity index (χ3v) is 4.81. The molecule has 0 aliphatic rings. The second kappa shape index (κ2) is 11.5. The van der Waals surface area contributed by atoms with E-state index in [2.05, 4.69) is 36.8 Å². The van der Waals surface area contributed by atoms with Crippen molar-refractivity contribution >= 4 is 39.6 Å². The molecule has 34 heavy (non-hydrogen) atoms. The summed E-state index contributed by atoms with van der Waals surface area (Å²) in [7, 11) is 0. The minimum absolute atomic E-state index is 0.151. The summed E-state index contributed by atoms with van der Waals surface area (Å²) in [5, 5.41) is 6.73. The Labute approximate surface area is 202 Å². The van der Waals surface area contributed by atoms with E-state index in [1.807, 2.05) is 18.2 Å². The highest BCUT2D eigenvalue weighted by Gasteiger charge is 2.30. The van der Waals surface area contributed by atoms with Crippen molar-refractivity contribution in [3.8, 4) is 11.5 Å². The van der Waals surface area contributed by atoms with Gasteiger partial charge in [0.1, 0.15) is 5.82 Å². The van der Waals surface area contributed by atoms with Crippen LogP contribution in [0.25, 0.3) is 0 Å². The van der Waals surface area contributed by atoms with Crippen LogP contribution in [0.1, 0.15) is 18.1 Å². The van der Waals surface area contributed by atoms with Crippen molar-refractivity contribution in [3.05, 3.63) is 76.4 Å². The number of benzene rings is 2. The fourth-order valence-corrected chi connectivity index (χ4v) is 3.30. The number of hydrazone groups is 1. The molecule has 3 rings (SSSR count). The highest BCUT2D eigenvalue weighted by atomic mass is 79.9. The van der Waals surface area contributed by atoms with Crippen molar-refractivity contribution in [2.24, 2.45) is 5.10 Å². The highest BCUT2D eigenvalue weighted by molar-refractivity contribution is 9.10. The van der Waals surface area contributed by atoms with Crippen molar-refractivity contribution in [2.45, 2.75) is 13.1 Å². The van der Waals surface area contributed by atoms with E-state index in [4.69, 9.17) is 9.47 Å². The van der Waals surface area contributed by atoms with Crippen LogP contribution in [0.15, 0.2) is 70.4 Å². The van der Waals surface area contributed by atoms with Crippen molar-refractivity contribution < 1.29 is 27.4 Å². The van der Waals surface area contributed by atoms with Gasteiger partial charge in [0.2, 0.25) is 0 Å². The molecule has 0 saturated carbocycles. The number of nitrogens with one attached hydrogen (secondary N) is 2. The van der Waals surface area contributed by atoms with E-state index in [-0.39, 0.29) is 18.3 Å². The number of anilines is 2. The van der Waals surface area contributed by atoms with Crippen LogP contribution < -0.4 is 20.2 Å². The lowest BCUT2D eigenvalue weighted by atomic mass is 10.2. The molecule has 2 N–H and O–H groups in total. The maximum Gasteiger partial charge on any atom is 0.417 e. The van der Waals surface area contributed by atoms with Gasteiger partial charge in [0.25, 0.3) is 5.91 Å². The minimum atomic E-state index is -4.46. The Balaban J connectivity index is 1.66. The fourth-order valence-electron chi connectivity index (χ4n) is 2.72. The van der Waals surface area contributed by atoms with E-state index in [0.717, 1.165) is 12.3 Å². The summed E-state index contributed by atoms with van der Waals surface area (Å²) in [6, 6.07) is 14.4. The molecule has 0 bridgehead atoms. The predicted molar refractivity (Wildman–Crippen MR) is 126 cm³/mol. The average Bonchev–Trinajstić information content (AvgIpc) is 2.79. The molecule has 7 nitrogen and oxygen atoms in total. The number of alkyl halides is 3. The Kier molecular flexibility index (Phi) is 8.47. The van der Waals surface area contributed by atoms with Crippen LogP contribution in [0.5, 0.6) is 11.5 Å². The molecule has 1 heterocycles. The molecule has 1 amide bonds. The first-order valence-electron chi connectivity index (χ1n) is 10.0. The Bertz CT molecular complexity index is 1140. The lowest BCUT2D eigenvalue weighted by Crippen LogP contribution is -2.20. The van der Waals surface area contributed by atoms with Gasteiger partial charge in [-0.1, -0.05) is 18.2 Å². The van der Waals surface area contributed by atoms with Gasteiger partial charge in [0, 0.05) is 11.9 Å². The van der Waals surface area contributed by atoms with Crippen LogP contribution in [-0.2, 0) is 11.0 Å². The number of aromatic nitrogens is 1. The lowest BCUT2D eigenvalue weighted by Gasteiger charge is -2.14. The molecule has 0 spiro atoms. The van der Waals surface area contributed by atoms with Gasteiger partial charge >= 0.3 is 6.18 Å². The molecule has 0 aliphatic heterocycles. The fraction of sp³-hybridized carbons (Fsp3) is 0.174. The Morgan fingerprint density at radius 2 is 1.91 bits per heavy atom. The van der Waals surface area contributed by atoms with Gasteiger partial charge in [-0.15, -0.1) is 0 Å². The second-order valence-corrected chi connectivity index (χ2v) is 7.62. The minimum Gasteiger partial charge on any atom is -0.490 e. The van der Waals surface area contributed by atoms with E-state index in [1.54, 1.807) is 31.2 Å². The molecule has 0 fully saturated rings. The van der Waals surface area contributed by atoms with Gasteiger partial charge in [-0.2, -0.15) is 18.3 Å². The van der Waals surface area contributed by atoms with Crippen molar-refractivity contribution in [1.29, 1.82) is 0 Å². The molecule has 178 valence electrons. The molecular formula is C23H20BrF3N4O3. The van der Waals surface area contributed by atoms with Gasteiger partial charge in [0.05, 0.1) is 22.9 Å². The largest absolute Gasteiger partial charge is 0.490 e. The summed E-state index contributed by atoms with van der Waals surface area (Å²) in [6.07, 6.45) is -2.29. The number of nitrogens with zero attached hydrogens (tertiary/aromatic N) is 2. The summed E-state index contributed by atoms with van der Waals surface area (Å²) in [5.74, 6) is 0.551. The zero-order chi connectivity index (χ0) is 24.6. The maximum atomic E-state index is 12.6. The standard InChI is InChI=1S/C23H20BrF3N4O3/c1-2-33-19-11-15(12-29-31-20-9-8-16(13-28-20)23(25,26)27)10-18(24)22(19)34-14-21(32)30-17-6-4-3-5-7-17/h3-13H,2,14H2,1H3,(H,28,31)(H,30,32)/b29-12-. The van der Waals surface area contributed by atoms with Gasteiger partial charge in [-0.25, -0.2) is 4.98 Å². The van der Waals surface area contributed by atoms with Crippen molar-refractivity contribution in [3.63, 3.8) is 0 Å². The Hall–Kier alpha value is -3.60. The summed E-state index contributed by atoms with van der Waals surface area (Å²) in [4.78, 5) is 15.9. The van der Waals surface area contributed by atoms with E-state index in [0.29, 0.717) is 33.8 Å². The van der Waals surface area contributed by atoms with E-state index in [9.17, 15) is 18.0 Å². The van der Waals surface area contributed by atoms with Crippen LogP contribution in [0.2, 0.25) is 0 Å². The highest BCUT2D eigenvalue weighted by Crippen LogP contribution is 2.36. The first-order chi connectivity index (χ1) is 16.3. The number of rotatable bonds is 9. The van der Waals surface area contributed by atoms with Crippen molar-refractivity contribution in [2.75, 3.05) is 24.0 Å². The molecule has 0 unspecified atom stereocenters. The molecule has 11 heteroatoms. The molecule has 0 atom stereocenters. The van der Waals surface area contributed by atoms with Crippen LogP contribution in [0, 0.1) is 0 Å². The summed E-state index contributed by atoms with van der Waals surface area (Å²) in [6.45, 7) is 1.92. The van der Waals surface area contributed by atoms with E-state index in [1.165, 1.54) is 12.3 Å². The lowest BCUT2D eigenvalue weighted by molar-refractivity contribution is -0.137. The van der Waals surface area contributed by atoms with Crippen LogP contribution in [0.3, 0.4) is 0 Å². The number of hydrogen-bond acceptors (Lipinski definition) is 6. The Morgan fingerprint density at radius 3 is 2.56 bits per heavy atom. The molecule has 2 aromatic carbocycles. The zero-order valence-electron chi connectivity index (χ0n) is 17.9. The number of carbonyl (C=O) groups is 1. The molecule has 1 aromatic heterocycles. The quantitative estimate of drug-likeness (QED) is 0.269. The van der Waals surface area contributed by atoms with Crippen LogP contribution in [-0.4, -0.2) is 30.3 Å². The van der Waals surface area contributed by atoms with Crippen LogP contribution in [0.4, 0.5) is 24.7 Å². The molecule has 0 radical (unpaired) electrons. The third-order valence-electron chi connectivity index (χ3n) is 4.22. The van der Waals surface area contributed by atoms with Gasteiger partial charge in [0.15, 0.2) is 18.1 Å². The SMILES string of the molecule is CCOc1cc(/C=N\Nc2ccc(C(F)(F)F)cn2)cc(Br)c1OCC(=O)Nc1ccccc1.